The monoisotopic (exact) mass is 479 g/mol. The second kappa shape index (κ2) is 7.82. The first-order chi connectivity index (χ1) is 16.8. The number of carbonyl (C=O) groups excluding carboxylic acids is 1. The molecule has 180 valence electrons. The van der Waals surface area contributed by atoms with Gasteiger partial charge in [-0.15, -0.1) is 5.10 Å². The lowest BCUT2D eigenvalue weighted by Crippen LogP contribution is -2.45. The maximum absolute atomic E-state index is 14.3. The number of benzene rings is 1. The number of amides is 1. The fourth-order valence-corrected chi connectivity index (χ4v) is 4.88. The molecule has 0 spiro atoms. The molecule has 2 N–H and O–H groups in total. The highest BCUT2D eigenvalue weighted by atomic mass is 19.1. The van der Waals surface area contributed by atoms with Crippen molar-refractivity contribution in [3.05, 3.63) is 63.8 Å². The molecule has 0 bridgehead atoms. The molecule has 1 aromatic carbocycles. The van der Waals surface area contributed by atoms with E-state index in [9.17, 15) is 18.4 Å². The summed E-state index contributed by atoms with van der Waals surface area (Å²) < 4.78 is 31.1. The molecule has 1 saturated heterocycles. The van der Waals surface area contributed by atoms with Crippen molar-refractivity contribution in [3.63, 3.8) is 0 Å². The second-order valence-corrected chi connectivity index (χ2v) is 9.43. The van der Waals surface area contributed by atoms with Crippen LogP contribution in [0.5, 0.6) is 0 Å². The predicted octanol–water partition coefficient (Wildman–Crippen LogP) is 3.04. The zero-order valence-corrected chi connectivity index (χ0v) is 19.0. The Bertz CT molecular complexity index is 1560. The van der Waals surface area contributed by atoms with E-state index in [-0.39, 0.29) is 52.0 Å². The van der Waals surface area contributed by atoms with Gasteiger partial charge in [-0.25, -0.2) is 18.7 Å². The molecule has 4 heterocycles. The maximum atomic E-state index is 14.3. The number of fused-ring (bicyclic) bond motifs is 3. The summed E-state index contributed by atoms with van der Waals surface area (Å²) in [6.45, 7) is 2.36. The number of carbonyl (C=O) groups is 1. The standard InChI is InChI=1S/C24H23F2N7O2/c1-12-2-3-13(10-31(12)23(35)14-4-7-19(34)32(11-14)16-5-6-16)21-29-22-17-8-15(25)9-18(26)20(17)28-24(27)33(22)30-21/h4,7-9,11-13,16H,2-3,5-6,10H2,1H3,(H2,27,28)/t12-,13+/m0/s1. The molecule has 3 aromatic heterocycles. The number of nitrogen functional groups attached to an aromatic ring is 1. The van der Waals surface area contributed by atoms with Crippen molar-refractivity contribution < 1.29 is 13.6 Å². The molecule has 0 radical (unpaired) electrons. The van der Waals surface area contributed by atoms with Gasteiger partial charge in [-0.05, 0) is 44.7 Å². The molecule has 0 unspecified atom stereocenters. The van der Waals surface area contributed by atoms with Gasteiger partial charge in [0.1, 0.15) is 11.3 Å². The van der Waals surface area contributed by atoms with Crippen LogP contribution < -0.4 is 11.3 Å². The molecule has 1 aliphatic carbocycles. The average molecular weight is 479 g/mol. The van der Waals surface area contributed by atoms with Gasteiger partial charge in [0, 0.05) is 42.9 Å². The van der Waals surface area contributed by atoms with Crippen LogP contribution in [-0.4, -0.2) is 47.5 Å². The lowest BCUT2D eigenvalue weighted by Gasteiger charge is -2.37. The van der Waals surface area contributed by atoms with Gasteiger partial charge in [0.05, 0.1) is 10.9 Å². The van der Waals surface area contributed by atoms with Gasteiger partial charge in [-0.2, -0.15) is 4.52 Å². The highest BCUT2D eigenvalue weighted by Crippen LogP contribution is 2.34. The van der Waals surface area contributed by atoms with Crippen molar-refractivity contribution in [2.24, 2.45) is 0 Å². The van der Waals surface area contributed by atoms with Gasteiger partial charge in [0.2, 0.25) is 5.95 Å². The smallest absolute Gasteiger partial charge is 0.255 e. The minimum Gasteiger partial charge on any atom is -0.368 e. The van der Waals surface area contributed by atoms with E-state index in [2.05, 4.69) is 15.1 Å². The Labute approximate surface area is 198 Å². The molecule has 6 rings (SSSR count). The van der Waals surface area contributed by atoms with E-state index in [1.807, 2.05) is 6.92 Å². The Hall–Kier alpha value is -3.89. The van der Waals surface area contributed by atoms with Crippen molar-refractivity contribution in [3.8, 4) is 0 Å². The second-order valence-electron chi connectivity index (χ2n) is 9.43. The Morgan fingerprint density at radius 3 is 2.69 bits per heavy atom. The molecule has 1 aliphatic heterocycles. The Balaban J connectivity index is 1.35. The summed E-state index contributed by atoms with van der Waals surface area (Å²) in [5.41, 5.74) is 6.51. The molecule has 2 fully saturated rings. The molecular formula is C24H23F2N7O2. The van der Waals surface area contributed by atoms with Crippen LogP contribution in [0.3, 0.4) is 0 Å². The van der Waals surface area contributed by atoms with Gasteiger partial charge in [-0.3, -0.25) is 9.59 Å². The lowest BCUT2D eigenvalue weighted by atomic mass is 9.92. The van der Waals surface area contributed by atoms with E-state index in [1.54, 1.807) is 21.7 Å². The third-order valence-electron chi connectivity index (χ3n) is 6.97. The van der Waals surface area contributed by atoms with Crippen molar-refractivity contribution in [2.45, 2.75) is 50.6 Å². The first-order valence-corrected chi connectivity index (χ1v) is 11.6. The minimum atomic E-state index is -0.824. The number of likely N-dealkylation sites (tertiary alicyclic amines) is 1. The van der Waals surface area contributed by atoms with Crippen molar-refractivity contribution in [1.82, 2.24) is 29.0 Å². The SMILES string of the molecule is C[C@H]1CC[C@@H](c2nc3c4cc(F)cc(F)c4nc(N)n3n2)CN1C(=O)c1ccc(=O)n(C2CC2)c1. The topological polar surface area (TPSA) is 111 Å². The van der Waals surface area contributed by atoms with E-state index in [0.29, 0.717) is 17.9 Å². The van der Waals surface area contributed by atoms with Gasteiger partial charge in [-0.1, -0.05) is 0 Å². The van der Waals surface area contributed by atoms with Crippen LogP contribution in [0.1, 0.15) is 60.7 Å². The van der Waals surface area contributed by atoms with Crippen LogP contribution in [0, 0.1) is 11.6 Å². The lowest BCUT2D eigenvalue weighted by molar-refractivity contribution is 0.0605. The van der Waals surface area contributed by atoms with Crippen LogP contribution >= 0.6 is 0 Å². The third kappa shape index (κ3) is 3.62. The quantitative estimate of drug-likeness (QED) is 0.484. The Morgan fingerprint density at radius 2 is 1.91 bits per heavy atom. The van der Waals surface area contributed by atoms with Gasteiger partial charge in [0.25, 0.3) is 11.5 Å². The molecule has 2 aliphatic rings. The van der Waals surface area contributed by atoms with Crippen molar-refractivity contribution in [2.75, 3.05) is 12.3 Å². The number of halogens is 2. The summed E-state index contributed by atoms with van der Waals surface area (Å²) in [5, 5.41) is 4.66. The molecule has 35 heavy (non-hydrogen) atoms. The molecular weight excluding hydrogens is 456 g/mol. The summed E-state index contributed by atoms with van der Waals surface area (Å²) in [6.07, 6.45) is 5.01. The molecule has 2 atom stereocenters. The van der Waals surface area contributed by atoms with Crippen LogP contribution in [0.15, 0.2) is 35.3 Å². The highest BCUT2D eigenvalue weighted by Gasteiger charge is 2.33. The number of hydrogen-bond acceptors (Lipinski definition) is 6. The number of piperidine rings is 1. The first kappa shape index (κ1) is 21.6. The number of pyridine rings is 1. The normalized spacial score (nSPS) is 20.6. The van der Waals surface area contributed by atoms with E-state index in [0.717, 1.165) is 37.8 Å². The van der Waals surface area contributed by atoms with Crippen LogP contribution in [0.2, 0.25) is 0 Å². The van der Waals surface area contributed by atoms with E-state index in [4.69, 9.17) is 5.73 Å². The van der Waals surface area contributed by atoms with Crippen LogP contribution in [0.25, 0.3) is 16.6 Å². The average Bonchev–Trinajstić information content (AvgIpc) is 3.57. The van der Waals surface area contributed by atoms with Crippen molar-refractivity contribution >= 4 is 28.4 Å². The summed E-state index contributed by atoms with van der Waals surface area (Å²) in [4.78, 5) is 36.0. The Kier molecular flexibility index (Phi) is 4.83. The number of nitrogens with two attached hydrogens (primary N) is 1. The predicted molar refractivity (Wildman–Crippen MR) is 124 cm³/mol. The summed E-state index contributed by atoms with van der Waals surface area (Å²) >= 11 is 0. The third-order valence-corrected chi connectivity index (χ3v) is 6.97. The molecule has 1 saturated carbocycles. The molecule has 1 amide bonds. The van der Waals surface area contributed by atoms with Crippen LogP contribution in [-0.2, 0) is 0 Å². The minimum absolute atomic E-state index is 0.00663. The summed E-state index contributed by atoms with van der Waals surface area (Å²) in [6, 6.07) is 5.10. The van der Waals surface area contributed by atoms with Gasteiger partial charge in [0.15, 0.2) is 17.3 Å². The molecule has 11 heteroatoms. The van der Waals surface area contributed by atoms with E-state index in [1.165, 1.54) is 10.6 Å². The Morgan fingerprint density at radius 1 is 1.11 bits per heavy atom. The number of nitrogens with zero attached hydrogens (tertiary/aromatic N) is 6. The first-order valence-electron chi connectivity index (χ1n) is 11.6. The van der Waals surface area contributed by atoms with E-state index < -0.39 is 11.6 Å². The zero-order chi connectivity index (χ0) is 24.4. The fraction of sp³-hybridized carbons (Fsp3) is 0.375. The van der Waals surface area contributed by atoms with Crippen LogP contribution in [0.4, 0.5) is 14.7 Å². The van der Waals surface area contributed by atoms with Gasteiger partial charge < -0.3 is 15.2 Å². The summed E-state index contributed by atoms with van der Waals surface area (Å²) in [5.74, 6) is -1.55. The zero-order valence-electron chi connectivity index (χ0n) is 19.0. The largest absolute Gasteiger partial charge is 0.368 e. The molecule has 9 nitrogen and oxygen atoms in total. The number of hydrogen-bond donors (Lipinski definition) is 1. The van der Waals surface area contributed by atoms with Gasteiger partial charge >= 0.3 is 0 Å². The number of anilines is 1. The number of rotatable bonds is 3. The molecule has 4 aromatic rings. The van der Waals surface area contributed by atoms with Crippen molar-refractivity contribution in [1.29, 1.82) is 0 Å². The fourth-order valence-electron chi connectivity index (χ4n) is 4.88. The maximum Gasteiger partial charge on any atom is 0.255 e. The number of aromatic nitrogens is 5. The highest BCUT2D eigenvalue weighted by molar-refractivity contribution is 5.94. The van der Waals surface area contributed by atoms with E-state index >= 15 is 0 Å². The summed E-state index contributed by atoms with van der Waals surface area (Å²) in [7, 11) is 0.